The normalized spacial score (nSPS) is 11.0. The van der Waals surface area contributed by atoms with Crippen molar-refractivity contribution in [1.82, 2.24) is 33.9 Å². The first kappa shape index (κ1) is 25.1. The molecular weight excluding hydrogens is 535 g/mol. The fraction of sp³-hybridized carbons (Fsp3) is 0.174. The third kappa shape index (κ3) is 4.84. The van der Waals surface area contributed by atoms with Crippen molar-refractivity contribution < 1.29 is 4.39 Å². The van der Waals surface area contributed by atoms with E-state index in [1.165, 1.54) is 39.0 Å². The average Bonchev–Trinajstić information content (AvgIpc) is 3.50. The van der Waals surface area contributed by atoms with Gasteiger partial charge in [-0.25, -0.2) is 28.5 Å². The maximum absolute atomic E-state index is 13.9. The first-order valence-corrected chi connectivity index (χ1v) is 12.2. The smallest absolute Gasteiger partial charge is 0.355 e. The van der Waals surface area contributed by atoms with Crippen LogP contribution in [0, 0.1) is 17.1 Å². The zero-order valence-corrected chi connectivity index (χ0v) is 21.5. The lowest BCUT2D eigenvalue weighted by molar-refractivity contribution is 0.572. The van der Waals surface area contributed by atoms with E-state index in [1.54, 1.807) is 32.3 Å². The molecular formula is C23H18ClFN10O2S. The molecule has 0 spiro atoms. The molecule has 0 aliphatic rings. The number of aromatic nitrogens is 7. The van der Waals surface area contributed by atoms with Crippen molar-refractivity contribution in [1.29, 1.82) is 5.26 Å². The molecule has 0 saturated carbocycles. The van der Waals surface area contributed by atoms with Gasteiger partial charge >= 0.3 is 11.4 Å². The van der Waals surface area contributed by atoms with Crippen LogP contribution in [0.2, 0.25) is 5.02 Å². The van der Waals surface area contributed by atoms with Crippen LogP contribution in [-0.2, 0) is 20.1 Å². The van der Waals surface area contributed by atoms with Gasteiger partial charge in [0, 0.05) is 14.1 Å². The maximum atomic E-state index is 13.9. The fourth-order valence-electron chi connectivity index (χ4n) is 3.71. The highest BCUT2D eigenvalue weighted by atomic mass is 35.5. The van der Waals surface area contributed by atoms with Crippen molar-refractivity contribution in [3.8, 4) is 6.07 Å². The van der Waals surface area contributed by atoms with Crippen LogP contribution in [0.25, 0.3) is 10.2 Å². The summed E-state index contributed by atoms with van der Waals surface area (Å²) >= 11 is 7.88. The van der Waals surface area contributed by atoms with Crippen molar-refractivity contribution in [3.63, 3.8) is 0 Å². The number of aryl methyl sites for hydroxylation is 1. The molecule has 12 nitrogen and oxygen atoms in total. The summed E-state index contributed by atoms with van der Waals surface area (Å²) in [5, 5.41) is 20.3. The summed E-state index contributed by atoms with van der Waals surface area (Å²) in [6.07, 6.45) is 1.45. The van der Waals surface area contributed by atoms with Gasteiger partial charge in [0.05, 0.1) is 39.6 Å². The molecule has 3 aromatic heterocycles. The van der Waals surface area contributed by atoms with E-state index in [0.29, 0.717) is 26.9 Å². The number of fused-ring (bicyclic) bond motifs is 1. The van der Waals surface area contributed by atoms with E-state index in [9.17, 15) is 19.2 Å². The first-order chi connectivity index (χ1) is 18.2. The lowest BCUT2D eigenvalue weighted by Gasteiger charge is -2.16. The lowest BCUT2D eigenvalue weighted by atomic mass is 10.1. The number of hydrogen-bond donors (Lipinski definition) is 2. The lowest BCUT2D eigenvalue weighted by Crippen LogP contribution is -2.43. The zero-order chi connectivity index (χ0) is 27.0. The summed E-state index contributed by atoms with van der Waals surface area (Å²) in [6.45, 7) is -0.331. The molecule has 2 N–H and O–H groups in total. The van der Waals surface area contributed by atoms with Gasteiger partial charge in [-0.1, -0.05) is 29.0 Å². The molecule has 3 heterocycles. The van der Waals surface area contributed by atoms with Crippen molar-refractivity contribution >= 4 is 49.9 Å². The summed E-state index contributed by atoms with van der Waals surface area (Å²) in [5.41, 5.74) is -0.206. The van der Waals surface area contributed by atoms with E-state index in [0.717, 1.165) is 15.3 Å². The molecule has 2 aromatic carbocycles. The SMILES string of the molecule is CNc1nc2cc(Cl)c(Nc3nc(=O)n(Cc4ncn(C)n4)c(=O)n3Cc3ccc(F)c(C#N)c3)cc2s1. The first-order valence-electron chi connectivity index (χ1n) is 11.1. The van der Waals surface area contributed by atoms with Crippen LogP contribution in [0.1, 0.15) is 17.0 Å². The van der Waals surface area contributed by atoms with E-state index in [-0.39, 0.29) is 30.4 Å². The highest BCUT2D eigenvalue weighted by molar-refractivity contribution is 7.22. The third-order valence-corrected chi connectivity index (χ3v) is 6.87. The minimum atomic E-state index is -0.828. The van der Waals surface area contributed by atoms with Gasteiger partial charge in [0.1, 0.15) is 18.2 Å². The number of benzene rings is 2. The molecule has 15 heteroatoms. The summed E-state index contributed by atoms with van der Waals surface area (Å²) in [4.78, 5) is 39.1. The Morgan fingerprint density at radius 3 is 2.68 bits per heavy atom. The molecule has 5 aromatic rings. The second kappa shape index (κ2) is 10.0. The minimum Gasteiger partial charge on any atom is -0.365 e. The van der Waals surface area contributed by atoms with Crippen LogP contribution in [0.15, 0.2) is 46.2 Å². The Morgan fingerprint density at radius 2 is 1.97 bits per heavy atom. The Morgan fingerprint density at radius 1 is 1.16 bits per heavy atom. The van der Waals surface area contributed by atoms with Crippen LogP contribution >= 0.6 is 22.9 Å². The van der Waals surface area contributed by atoms with Gasteiger partial charge in [0.25, 0.3) is 0 Å². The van der Waals surface area contributed by atoms with Gasteiger partial charge in [-0.05, 0) is 29.8 Å². The molecule has 38 heavy (non-hydrogen) atoms. The largest absolute Gasteiger partial charge is 0.365 e. The van der Waals surface area contributed by atoms with Gasteiger partial charge in [-0.15, -0.1) is 0 Å². The number of hydrogen-bond acceptors (Lipinski definition) is 10. The van der Waals surface area contributed by atoms with Gasteiger partial charge in [-0.2, -0.15) is 15.3 Å². The third-order valence-electron chi connectivity index (χ3n) is 5.53. The minimum absolute atomic E-state index is 0.0901. The molecule has 0 radical (unpaired) electrons. The number of thiazole rings is 1. The molecule has 0 saturated heterocycles. The Labute approximate surface area is 222 Å². The van der Waals surface area contributed by atoms with Gasteiger partial charge in [-0.3, -0.25) is 9.25 Å². The molecule has 5 rings (SSSR count). The summed E-state index contributed by atoms with van der Waals surface area (Å²) < 4.78 is 18.3. The Bertz CT molecular complexity index is 1850. The quantitative estimate of drug-likeness (QED) is 0.311. The highest BCUT2D eigenvalue weighted by Gasteiger charge is 2.18. The molecule has 0 aliphatic heterocycles. The second-order valence-corrected chi connectivity index (χ2v) is 9.56. The van der Waals surface area contributed by atoms with Crippen molar-refractivity contribution in [2.75, 3.05) is 17.7 Å². The number of anilines is 3. The summed E-state index contributed by atoms with van der Waals surface area (Å²) in [6, 6.07) is 9.09. The van der Waals surface area contributed by atoms with Crippen LogP contribution in [-0.4, -0.2) is 40.9 Å². The summed E-state index contributed by atoms with van der Waals surface area (Å²) in [5.74, 6) is -0.530. The molecule has 0 atom stereocenters. The molecule has 192 valence electrons. The van der Waals surface area contributed by atoms with Crippen LogP contribution in [0.3, 0.4) is 0 Å². The van der Waals surface area contributed by atoms with E-state index < -0.39 is 17.2 Å². The molecule has 0 unspecified atom stereocenters. The molecule has 0 amide bonds. The van der Waals surface area contributed by atoms with Gasteiger partial charge < -0.3 is 10.6 Å². The fourth-order valence-corrected chi connectivity index (χ4v) is 4.76. The Balaban J connectivity index is 1.62. The predicted octanol–water partition coefficient (Wildman–Crippen LogP) is 2.69. The highest BCUT2D eigenvalue weighted by Crippen LogP contribution is 2.34. The molecule has 0 bridgehead atoms. The predicted molar refractivity (Wildman–Crippen MR) is 141 cm³/mol. The monoisotopic (exact) mass is 552 g/mol. The number of nitrogens with zero attached hydrogens (tertiary/aromatic N) is 8. The Kier molecular flexibility index (Phi) is 6.62. The topological polar surface area (TPSA) is 148 Å². The van der Waals surface area contributed by atoms with Crippen LogP contribution in [0.5, 0.6) is 0 Å². The van der Waals surface area contributed by atoms with E-state index in [2.05, 4.69) is 30.7 Å². The standard InChI is InChI=1S/C23H18ClFN10O2S/c1-27-21-30-17-6-14(24)16(7-18(17)38-21)29-20-31-22(36)35(10-19-28-11-33(2)32-19)23(37)34(20)9-12-3-4-15(25)13(5-12)8-26/h3-7,11H,9-10H2,1-2H3,(H,27,30)(H,29,31,36). The molecule has 0 fully saturated rings. The Hall–Kier alpha value is -4.61. The van der Waals surface area contributed by atoms with Crippen LogP contribution in [0.4, 0.5) is 21.2 Å². The van der Waals surface area contributed by atoms with Gasteiger partial charge in [0.15, 0.2) is 11.0 Å². The van der Waals surface area contributed by atoms with Crippen molar-refractivity contribution in [2.24, 2.45) is 7.05 Å². The van der Waals surface area contributed by atoms with E-state index >= 15 is 0 Å². The number of rotatable bonds is 7. The van der Waals surface area contributed by atoms with Gasteiger partial charge in [0.2, 0.25) is 5.95 Å². The molecule has 0 aliphatic carbocycles. The average molecular weight is 553 g/mol. The second-order valence-electron chi connectivity index (χ2n) is 8.13. The van der Waals surface area contributed by atoms with Crippen molar-refractivity contribution in [3.05, 3.63) is 85.4 Å². The van der Waals surface area contributed by atoms with E-state index in [4.69, 9.17) is 11.6 Å². The number of nitriles is 1. The van der Waals surface area contributed by atoms with Crippen LogP contribution < -0.4 is 22.0 Å². The maximum Gasteiger partial charge on any atom is 0.355 e. The summed E-state index contributed by atoms with van der Waals surface area (Å²) in [7, 11) is 3.41. The number of halogens is 2. The van der Waals surface area contributed by atoms with Crippen molar-refractivity contribution in [2.45, 2.75) is 13.1 Å². The number of nitrogens with one attached hydrogen (secondary N) is 2. The van der Waals surface area contributed by atoms with E-state index in [1.807, 2.05) is 0 Å². The zero-order valence-electron chi connectivity index (χ0n) is 19.9.